The molecule has 0 spiro atoms. The minimum atomic E-state index is 0.522. The standard InChI is InChI=1S/C17H17NO5/c1-19-10-5-4-9-13-15(18-14(9)17(10)21-3)11(20-2)8-12-16(13)23-7-6-22-12/h4-5,8,18H,6-7H2,1-3H3. The van der Waals surface area contributed by atoms with E-state index < -0.39 is 0 Å². The third kappa shape index (κ3) is 1.87. The summed E-state index contributed by atoms with van der Waals surface area (Å²) in [6.07, 6.45) is 0. The van der Waals surface area contributed by atoms with Crippen molar-refractivity contribution in [1.29, 1.82) is 0 Å². The van der Waals surface area contributed by atoms with Gasteiger partial charge in [0, 0.05) is 11.5 Å². The molecule has 0 unspecified atom stereocenters. The van der Waals surface area contributed by atoms with Crippen LogP contribution in [0.15, 0.2) is 18.2 Å². The van der Waals surface area contributed by atoms with Crippen molar-refractivity contribution >= 4 is 21.8 Å². The molecule has 0 saturated carbocycles. The van der Waals surface area contributed by atoms with E-state index in [9.17, 15) is 0 Å². The third-order valence-electron chi connectivity index (χ3n) is 4.08. The van der Waals surface area contributed by atoms with E-state index in [4.69, 9.17) is 23.7 Å². The maximum Gasteiger partial charge on any atom is 0.184 e. The molecule has 2 heterocycles. The molecule has 1 aliphatic rings. The van der Waals surface area contributed by atoms with Crippen LogP contribution in [0.2, 0.25) is 0 Å². The number of H-pyrrole nitrogens is 1. The van der Waals surface area contributed by atoms with Gasteiger partial charge in [-0.2, -0.15) is 0 Å². The fraction of sp³-hybridized carbons (Fsp3) is 0.294. The minimum Gasteiger partial charge on any atom is -0.494 e. The summed E-state index contributed by atoms with van der Waals surface area (Å²) >= 11 is 0. The van der Waals surface area contributed by atoms with Crippen LogP contribution in [-0.4, -0.2) is 39.5 Å². The minimum absolute atomic E-state index is 0.522. The van der Waals surface area contributed by atoms with Crippen molar-refractivity contribution in [3.8, 4) is 28.7 Å². The van der Waals surface area contributed by atoms with Crippen LogP contribution in [0.25, 0.3) is 21.8 Å². The van der Waals surface area contributed by atoms with E-state index in [2.05, 4.69) is 4.98 Å². The number of rotatable bonds is 3. The van der Waals surface area contributed by atoms with Crippen molar-refractivity contribution in [2.24, 2.45) is 0 Å². The molecule has 1 N–H and O–H groups in total. The number of aromatic amines is 1. The molecule has 0 bridgehead atoms. The van der Waals surface area contributed by atoms with Gasteiger partial charge in [0.15, 0.2) is 23.0 Å². The molecule has 4 rings (SSSR count). The van der Waals surface area contributed by atoms with Gasteiger partial charge in [0.1, 0.15) is 19.0 Å². The Morgan fingerprint density at radius 1 is 0.913 bits per heavy atom. The molecular formula is C17H17NO5. The number of fused-ring (bicyclic) bond motifs is 5. The fourth-order valence-corrected chi connectivity index (χ4v) is 3.09. The summed E-state index contributed by atoms with van der Waals surface area (Å²) < 4.78 is 28.0. The number of benzene rings is 2. The Bertz CT molecular complexity index is 899. The monoisotopic (exact) mass is 315 g/mol. The summed E-state index contributed by atoms with van der Waals surface area (Å²) in [6.45, 7) is 1.05. The topological polar surface area (TPSA) is 61.9 Å². The second-order valence-electron chi connectivity index (χ2n) is 5.20. The van der Waals surface area contributed by atoms with Crippen LogP contribution < -0.4 is 23.7 Å². The van der Waals surface area contributed by atoms with E-state index >= 15 is 0 Å². The lowest BCUT2D eigenvalue weighted by Gasteiger charge is -2.20. The first-order valence-electron chi connectivity index (χ1n) is 7.31. The largest absolute Gasteiger partial charge is 0.494 e. The van der Waals surface area contributed by atoms with E-state index in [0.29, 0.717) is 36.2 Å². The number of nitrogens with one attached hydrogen (secondary N) is 1. The highest BCUT2D eigenvalue weighted by atomic mass is 16.6. The zero-order chi connectivity index (χ0) is 16.0. The number of hydrogen-bond donors (Lipinski definition) is 1. The summed E-state index contributed by atoms with van der Waals surface area (Å²) in [5.41, 5.74) is 1.68. The van der Waals surface area contributed by atoms with Crippen molar-refractivity contribution < 1.29 is 23.7 Å². The van der Waals surface area contributed by atoms with Crippen LogP contribution in [0.5, 0.6) is 28.7 Å². The maximum atomic E-state index is 5.86. The van der Waals surface area contributed by atoms with Gasteiger partial charge >= 0.3 is 0 Å². The molecule has 0 amide bonds. The first-order chi connectivity index (χ1) is 11.3. The second-order valence-corrected chi connectivity index (χ2v) is 5.20. The van der Waals surface area contributed by atoms with Gasteiger partial charge in [0.25, 0.3) is 0 Å². The molecule has 3 aromatic rings. The molecule has 0 fully saturated rings. The quantitative estimate of drug-likeness (QED) is 0.804. The van der Waals surface area contributed by atoms with Gasteiger partial charge in [0.2, 0.25) is 0 Å². The lowest BCUT2D eigenvalue weighted by Crippen LogP contribution is -2.15. The predicted octanol–water partition coefficient (Wildman–Crippen LogP) is 3.12. The van der Waals surface area contributed by atoms with Crippen molar-refractivity contribution in [3.05, 3.63) is 18.2 Å². The first kappa shape index (κ1) is 13.9. The summed E-state index contributed by atoms with van der Waals surface area (Å²) in [5.74, 6) is 3.42. The highest BCUT2D eigenvalue weighted by Gasteiger charge is 2.24. The Labute approximate surface area is 132 Å². The summed E-state index contributed by atoms with van der Waals surface area (Å²) in [6, 6.07) is 5.70. The predicted molar refractivity (Wildman–Crippen MR) is 86.5 cm³/mol. The number of ether oxygens (including phenoxy) is 5. The zero-order valence-electron chi connectivity index (χ0n) is 13.2. The van der Waals surface area contributed by atoms with E-state index in [1.807, 2.05) is 18.2 Å². The highest BCUT2D eigenvalue weighted by molar-refractivity contribution is 6.15. The van der Waals surface area contributed by atoms with Crippen molar-refractivity contribution in [1.82, 2.24) is 4.98 Å². The average molecular weight is 315 g/mol. The molecule has 0 atom stereocenters. The Hall–Kier alpha value is -2.76. The molecule has 1 aliphatic heterocycles. The normalized spacial score (nSPS) is 13.3. The zero-order valence-corrected chi connectivity index (χ0v) is 13.2. The Balaban J connectivity index is 2.16. The lowest BCUT2D eigenvalue weighted by molar-refractivity contribution is 0.173. The number of methoxy groups -OCH3 is 3. The smallest absolute Gasteiger partial charge is 0.184 e. The van der Waals surface area contributed by atoms with E-state index in [0.717, 1.165) is 27.6 Å². The molecule has 120 valence electrons. The summed E-state index contributed by atoms with van der Waals surface area (Å²) in [7, 11) is 4.87. The van der Waals surface area contributed by atoms with Gasteiger partial charge in [0.05, 0.1) is 37.7 Å². The molecule has 0 saturated heterocycles. The molecule has 6 nitrogen and oxygen atoms in total. The second kappa shape index (κ2) is 5.15. The SMILES string of the molecule is COc1ccc2c([nH]c3c(OC)cc4c(c32)OCCO4)c1OC. The fourth-order valence-electron chi connectivity index (χ4n) is 3.09. The van der Waals surface area contributed by atoms with Crippen molar-refractivity contribution in [2.75, 3.05) is 34.5 Å². The van der Waals surface area contributed by atoms with Gasteiger partial charge < -0.3 is 28.7 Å². The molecule has 2 aromatic carbocycles. The number of aromatic nitrogens is 1. The number of hydrogen-bond acceptors (Lipinski definition) is 5. The highest BCUT2D eigenvalue weighted by Crippen LogP contribution is 2.48. The molecule has 6 heteroatoms. The van der Waals surface area contributed by atoms with Gasteiger partial charge in [-0.15, -0.1) is 0 Å². The molecular weight excluding hydrogens is 298 g/mol. The molecule has 23 heavy (non-hydrogen) atoms. The van der Waals surface area contributed by atoms with Crippen LogP contribution >= 0.6 is 0 Å². The van der Waals surface area contributed by atoms with Gasteiger partial charge in [-0.25, -0.2) is 0 Å². The maximum absolute atomic E-state index is 5.86. The van der Waals surface area contributed by atoms with Crippen LogP contribution in [0.3, 0.4) is 0 Å². The van der Waals surface area contributed by atoms with Crippen LogP contribution in [0.1, 0.15) is 0 Å². The van der Waals surface area contributed by atoms with Crippen LogP contribution in [0, 0.1) is 0 Å². The Morgan fingerprint density at radius 2 is 1.70 bits per heavy atom. The van der Waals surface area contributed by atoms with E-state index in [-0.39, 0.29) is 0 Å². The summed E-state index contributed by atoms with van der Waals surface area (Å²) in [5, 5.41) is 1.90. The first-order valence-corrected chi connectivity index (χ1v) is 7.31. The van der Waals surface area contributed by atoms with Crippen LogP contribution in [0.4, 0.5) is 0 Å². The lowest BCUT2D eigenvalue weighted by atomic mass is 10.1. The van der Waals surface area contributed by atoms with Gasteiger partial charge in [-0.05, 0) is 12.1 Å². The van der Waals surface area contributed by atoms with Crippen molar-refractivity contribution in [2.45, 2.75) is 0 Å². The van der Waals surface area contributed by atoms with Gasteiger partial charge in [-0.1, -0.05) is 0 Å². The van der Waals surface area contributed by atoms with E-state index in [1.54, 1.807) is 21.3 Å². The van der Waals surface area contributed by atoms with E-state index in [1.165, 1.54) is 0 Å². The molecule has 0 aliphatic carbocycles. The Morgan fingerprint density at radius 3 is 2.43 bits per heavy atom. The third-order valence-corrected chi connectivity index (χ3v) is 4.08. The average Bonchev–Trinajstić information content (AvgIpc) is 2.99. The molecule has 1 aromatic heterocycles. The van der Waals surface area contributed by atoms with Crippen LogP contribution in [-0.2, 0) is 0 Å². The summed E-state index contributed by atoms with van der Waals surface area (Å²) in [4.78, 5) is 3.38. The Kier molecular flexibility index (Phi) is 3.11. The molecule has 0 radical (unpaired) electrons. The van der Waals surface area contributed by atoms with Gasteiger partial charge in [-0.3, -0.25) is 0 Å². The van der Waals surface area contributed by atoms with Crippen molar-refractivity contribution in [3.63, 3.8) is 0 Å².